The summed E-state index contributed by atoms with van der Waals surface area (Å²) < 4.78 is 5.19. The fourth-order valence-electron chi connectivity index (χ4n) is 2.96. The number of fused-ring (bicyclic) bond motifs is 1. The molecule has 1 aliphatic rings. The lowest BCUT2D eigenvalue weighted by molar-refractivity contribution is -0.143. The maximum atomic E-state index is 12.0. The Balaban J connectivity index is 2.04. The number of carbonyl (C=O) groups excluding carboxylic acids is 1. The quantitative estimate of drug-likeness (QED) is 0.871. The summed E-state index contributed by atoms with van der Waals surface area (Å²) in [5.41, 5.74) is 3.23. The number of nitrogens with zero attached hydrogens (tertiary/aromatic N) is 2. The summed E-state index contributed by atoms with van der Waals surface area (Å²) >= 11 is 6.15. The second kappa shape index (κ2) is 6.23. The smallest absolute Gasteiger partial charge is 0.248 e. The molecule has 1 aliphatic heterocycles. The molecule has 2 aromatic rings. The Morgan fingerprint density at radius 2 is 2.23 bits per heavy atom. The van der Waals surface area contributed by atoms with E-state index in [1.54, 1.807) is 0 Å². The third kappa shape index (κ3) is 2.94. The number of ether oxygens (including phenoxy) is 1. The molecule has 2 heterocycles. The van der Waals surface area contributed by atoms with Crippen LogP contribution in [-0.2, 0) is 16.1 Å². The van der Waals surface area contributed by atoms with Crippen molar-refractivity contribution in [3.8, 4) is 0 Å². The van der Waals surface area contributed by atoms with Gasteiger partial charge in [0.1, 0.15) is 6.61 Å². The van der Waals surface area contributed by atoms with Gasteiger partial charge in [0.25, 0.3) is 0 Å². The fourth-order valence-corrected chi connectivity index (χ4v) is 3.13. The summed E-state index contributed by atoms with van der Waals surface area (Å²) in [6.45, 7) is 6.27. The minimum Gasteiger partial charge on any atom is -0.370 e. The fraction of sp³-hybridized carbons (Fsp3) is 0.412. The van der Waals surface area contributed by atoms with E-state index in [2.05, 4.69) is 18.8 Å². The number of carbonyl (C=O) groups is 1. The first-order valence-corrected chi connectivity index (χ1v) is 7.86. The van der Waals surface area contributed by atoms with Crippen molar-refractivity contribution in [2.45, 2.75) is 26.3 Å². The molecule has 0 saturated carbocycles. The molecule has 4 nitrogen and oxygen atoms in total. The van der Waals surface area contributed by atoms with Gasteiger partial charge in [0.15, 0.2) is 0 Å². The van der Waals surface area contributed by atoms with E-state index in [4.69, 9.17) is 16.3 Å². The zero-order valence-corrected chi connectivity index (χ0v) is 13.6. The third-order valence-corrected chi connectivity index (χ3v) is 4.21. The number of morpholine rings is 1. The van der Waals surface area contributed by atoms with Crippen LogP contribution in [-0.4, -0.2) is 35.5 Å². The number of hydrogen-bond acceptors (Lipinski definition) is 3. The highest BCUT2D eigenvalue weighted by Gasteiger charge is 2.21. The number of aromatic nitrogens is 1. The number of hydrogen-bond donors (Lipinski definition) is 0. The molecular formula is C17H19ClN2O2. The predicted octanol–water partition coefficient (Wildman–Crippen LogP) is 3.37. The van der Waals surface area contributed by atoms with Crippen LogP contribution in [0.15, 0.2) is 24.4 Å². The van der Waals surface area contributed by atoms with Crippen LogP contribution in [0.25, 0.3) is 10.9 Å². The molecule has 3 rings (SSSR count). The molecule has 1 fully saturated rings. The van der Waals surface area contributed by atoms with E-state index in [0.29, 0.717) is 30.6 Å². The highest BCUT2D eigenvalue weighted by atomic mass is 35.5. The van der Waals surface area contributed by atoms with Gasteiger partial charge in [0.2, 0.25) is 5.91 Å². The number of amides is 1. The van der Waals surface area contributed by atoms with Crippen molar-refractivity contribution >= 4 is 28.4 Å². The largest absolute Gasteiger partial charge is 0.370 e. The van der Waals surface area contributed by atoms with Crippen molar-refractivity contribution in [1.82, 2.24) is 9.88 Å². The van der Waals surface area contributed by atoms with Gasteiger partial charge in [0, 0.05) is 29.7 Å². The van der Waals surface area contributed by atoms with Crippen LogP contribution >= 0.6 is 11.6 Å². The second-order valence-electron chi connectivity index (χ2n) is 5.88. The van der Waals surface area contributed by atoms with E-state index < -0.39 is 0 Å². The highest BCUT2D eigenvalue weighted by molar-refractivity contribution is 6.31. The van der Waals surface area contributed by atoms with Crippen molar-refractivity contribution in [2.24, 2.45) is 0 Å². The van der Waals surface area contributed by atoms with Crippen molar-refractivity contribution in [3.05, 3.63) is 40.5 Å². The Morgan fingerprint density at radius 1 is 1.41 bits per heavy atom. The molecule has 22 heavy (non-hydrogen) atoms. The Labute approximate surface area is 135 Å². The lowest BCUT2D eigenvalue weighted by atomic mass is 9.93. The molecule has 5 heteroatoms. The first-order valence-electron chi connectivity index (χ1n) is 7.49. The van der Waals surface area contributed by atoms with Crippen molar-refractivity contribution in [3.63, 3.8) is 0 Å². The molecule has 1 aromatic carbocycles. The van der Waals surface area contributed by atoms with E-state index in [1.165, 1.54) is 5.56 Å². The van der Waals surface area contributed by atoms with Gasteiger partial charge in [-0.2, -0.15) is 0 Å². The van der Waals surface area contributed by atoms with E-state index in [-0.39, 0.29) is 12.5 Å². The SMILES string of the molecule is CC(C)c1c(CN2CCOCC2=O)cnc2ccc(Cl)cc12. The predicted molar refractivity (Wildman–Crippen MR) is 87.1 cm³/mol. The molecule has 0 N–H and O–H groups in total. The number of rotatable bonds is 3. The Bertz CT molecular complexity index is 715. The molecule has 1 amide bonds. The minimum atomic E-state index is 0.0344. The van der Waals surface area contributed by atoms with E-state index in [9.17, 15) is 4.79 Å². The van der Waals surface area contributed by atoms with Gasteiger partial charge in [-0.15, -0.1) is 0 Å². The highest BCUT2D eigenvalue weighted by Crippen LogP contribution is 2.30. The Kier molecular flexibility index (Phi) is 4.32. The molecule has 116 valence electrons. The van der Waals surface area contributed by atoms with Crippen LogP contribution in [0.3, 0.4) is 0 Å². The minimum absolute atomic E-state index is 0.0344. The summed E-state index contributed by atoms with van der Waals surface area (Å²) in [4.78, 5) is 18.3. The zero-order chi connectivity index (χ0) is 15.7. The second-order valence-corrected chi connectivity index (χ2v) is 6.32. The van der Waals surface area contributed by atoms with E-state index >= 15 is 0 Å². The Morgan fingerprint density at radius 3 is 2.95 bits per heavy atom. The van der Waals surface area contributed by atoms with Gasteiger partial charge >= 0.3 is 0 Å². The summed E-state index contributed by atoms with van der Waals surface area (Å²) in [6.07, 6.45) is 1.88. The molecular weight excluding hydrogens is 300 g/mol. The van der Waals surface area contributed by atoms with Gasteiger partial charge in [-0.3, -0.25) is 9.78 Å². The first-order chi connectivity index (χ1) is 10.6. The zero-order valence-electron chi connectivity index (χ0n) is 12.8. The average Bonchev–Trinajstić information content (AvgIpc) is 2.48. The van der Waals surface area contributed by atoms with Crippen LogP contribution in [0, 0.1) is 0 Å². The molecule has 0 radical (unpaired) electrons. The topological polar surface area (TPSA) is 42.4 Å². The normalized spacial score (nSPS) is 15.8. The van der Waals surface area contributed by atoms with Crippen LogP contribution in [0.4, 0.5) is 0 Å². The summed E-state index contributed by atoms with van der Waals surface area (Å²) in [7, 11) is 0. The molecule has 1 saturated heterocycles. The summed E-state index contributed by atoms with van der Waals surface area (Å²) in [5.74, 6) is 0.363. The van der Waals surface area contributed by atoms with Crippen LogP contribution < -0.4 is 0 Å². The standard InChI is InChI=1S/C17H19ClN2O2/c1-11(2)17-12(9-20-5-6-22-10-16(20)21)8-19-15-4-3-13(18)7-14(15)17/h3-4,7-8,11H,5-6,9-10H2,1-2H3. The van der Waals surface area contributed by atoms with Crippen LogP contribution in [0.2, 0.25) is 5.02 Å². The van der Waals surface area contributed by atoms with Gasteiger partial charge in [-0.25, -0.2) is 0 Å². The van der Waals surface area contributed by atoms with Crippen molar-refractivity contribution < 1.29 is 9.53 Å². The van der Waals surface area contributed by atoms with Crippen LogP contribution in [0.5, 0.6) is 0 Å². The Hall–Kier alpha value is -1.65. The van der Waals surface area contributed by atoms with Crippen molar-refractivity contribution in [1.29, 1.82) is 0 Å². The lowest BCUT2D eigenvalue weighted by Gasteiger charge is -2.28. The van der Waals surface area contributed by atoms with Gasteiger partial charge in [-0.1, -0.05) is 25.4 Å². The van der Waals surface area contributed by atoms with E-state index in [1.807, 2.05) is 29.3 Å². The number of halogens is 1. The summed E-state index contributed by atoms with van der Waals surface area (Å²) in [5, 5.41) is 1.77. The monoisotopic (exact) mass is 318 g/mol. The number of benzene rings is 1. The molecule has 0 atom stereocenters. The maximum Gasteiger partial charge on any atom is 0.248 e. The molecule has 1 aromatic heterocycles. The van der Waals surface area contributed by atoms with Crippen molar-refractivity contribution in [2.75, 3.05) is 19.8 Å². The maximum absolute atomic E-state index is 12.0. The average molecular weight is 319 g/mol. The molecule has 0 aliphatic carbocycles. The lowest BCUT2D eigenvalue weighted by Crippen LogP contribution is -2.41. The molecule has 0 bridgehead atoms. The number of pyridine rings is 1. The third-order valence-electron chi connectivity index (χ3n) is 3.98. The summed E-state index contributed by atoms with van der Waals surface area (Å²) in [6, 6.07) is 5.75. The van der Waals surface area contributed by atoms with Gasteiger partial charge < -0.3 is 9.64 Å². The van der Waals surface area contributed by atoms with E-state index in [0.717, 1.165) is 16.5 Å². The first kappa shape index (κ1) is 15.3. The molecule has 0 unspecified atom stereocenters. The molecule has 0 spiro atoms. The van der Waals surface area contributed by atoms with Gasteiger partial charge in [0.05, 0.1) is 12.1 Å². The van der Waals surface area contributed by atoms with Gasteiger partial charge in [-0.05, 0) is 35.2 Å². The van der Waals surface area contributed by atoms with Crippen LogP contribution in [0.1, 0.15) is 30.9 Å².